The van der Waals surface area contributed by atoms with Crippen LogP contribution in [0.2, 0.25) is 0 Å². The molecule has 5 nitrogen and oxygen atoms in total. The number of carbonyl (C=O) groups excluding carboxylic acids is 2. The number of nitrogens with one attached hydrogen (secondary N) is 1. The number of benzene rings is 3. The summed E-state index contributed by atoms with van der Waals surface area (Å²) in [5, 5.41) is 2.95. The third kappa shape index (κ3) is 6.53. The molecule has 0 fully saturated rings. The SMILES string of the molecule is Cc1ccccc1C(=O)N(Cc1ccccc1)c1cccc(CC(=O)NCCN(C)C)c1. The summed E-state index contributed by atoms with van der Waals surface area (Å²) >= 11 is 0. The summed E-state index contributed by atoms with van der Waals surface area (Å²) in [4.78, 5) is 29.7. The Morgan fingerprint density at radius 1 is 0.844 bits per heavy atom. The fraction of sp³-hybridized carbons (Fsp3) is 0.259. The Morgan fingerprint density at radius 3 is 2.25 bits per heavy atom. The Hall–Kier alpha value is -3.44. The van der Waals surface area contributed by atoms with E-state index in [1.54, 1.807) is 4.90 Å². The van der Waals surface area contributed by atoms with Gasteiger partial charge in [0.25, 0.3) is 5.91 Å². The highest BCUT2D eigenvalue weighted by molar-refractivity contribution is 6.07. The van der Waals surface area contributed by atoms with Crippen molar-refractivity contribution in [2.24, 2.45) is 0 Å². The van der Waals surface area contributed by atoms with E-state index < -0.39 is 0 Å². The number of anilines is 1. The van der Waals surface area contributed by atoms with Crippen molar-refractivity contribution in [1.82, 2.24) is 10.2 Å². The Labute approximate surface area is 190 Å². The maximum absolute atomic E-state index is 13.6. The van der Waals surface area contributed by atoms with Crippen LogP contribution in [-0.4, -0.2) is 43.9 Å². The zero-order valence-electron chi connectivity index (χ0n) is 19.0. The molecule has 0 heterocycles. The lowest BCUT2D eigenvalue weighted by molar-refractivity contribution is -0.120. The number of aryl methyl sites for hydroxylation is 1. The van der Waals surface area contributed by atoms with Crippen molar-refractivity contribution in [1.29, 1.82) is 0 Å². The molecule has 5 heteroatoms. The number of rotatable bonds is 9. The van der Waals surface area contributed by atoms with Gasteiger partial charge in [0.05, 0.1) is 13.0 Å². The lowest BCUT2D eigenvalue weighted by Gasteiger charge is -2.24. The second-order valence-electron chi connectivity index (χ2n) is 8.19. The molecule has 2 amide bonds. The molecule has 0 bridgehead atoms. The van der Waals surface area contributed by atoms with E-state index in [1.807, 2.05) is 105 Å². The van der Waals surface area contributed by atoms with Crippen LogP contribution < -0.4 is 10.2 Å². The minimum atomic E-state index is -0.0560. The smallest absolute Gasteiger partial charge is 0.258 e. The topological polar surface area (TPSA) is 52.7 Å². The molecule has 32 heavy (non-hydrogen) atoms. The minimum absolute atomic E-state index is 0.0242. The molecular formula is C27H31N3O2. The van der Waals surface area contributed by atoms with Gasteiger partial charge in [0.15, 0.2) is 0 Å². The molecule has 0 aromatic heterocycles. The summed E-state index contributed by atoms with van der Waals surface area (Å²) in [6.07, 6.45) is 0.277. The molecule has 0 saturated heterocycles. The van der Waals surface area contributed by atoms with Gasteiger partial charge in [0, 0.05) is 24.3 Å². The monoisotopic (exact) mass is 429 g/mol. The van der Waals surface area contributed by atoms with Crippen molar-refractivity contribution >= 4 is 17.5 Å². The van der Waals surface area contributed by atoms with E-state index in [-0.39, 0.29) is 18.2 Å². The van der Waals surface area contributed by atoms with Gasteiger partial charge in [-0.3, -0.25) is 9.59 Å². The van der Waals surface area contributed by atoms with E-state index in [0.29, 0.717) is 18.7 Å². The zero-order valence-corrected chi connectivity index (χ0v) is 19.0. The highest BCUT2D eigenvalue weighted by Gasteiger charge is 2.20. The summed E-state index contributed by atoms with van der Waals surface area (Å²) in [6.45, 7) is 3.80. The normalized spacial score (nSPS) is 10.8. The highest BCUT2D eigenvalue weighted by Crippen LogP contribution is 2.23. The Bertz CT molecular complexity index is 1050. The van der Waals surface area contributed by atoms with Crippen molar-refractivity contribution in [2.75, 3.05) is 32.1 Å². The molecule has 0 atom stereocenters. The van der Waals surface area contributed by atoms with Crippen molar-refractivity contribution in [3.63, 3.8) is 0 Å². The molecular weight excluding hydrogens is 398 g/mol. The Morgan fingerprint density at radius 2 is 1.53 bits per heavy atom. The summed E-state index contributed by atoms with van der Waals surface area (Å²) in [6, 6.07) is 25.2. The van der Waals surface area contributed by atoms with Gasteiger partial charge in [-0.15, -0.1) is 0 Å². The van der Waals surface area contributed by atoms with Crippen LogP contribution in [0.1, 0.15) is 27.0 Å². The number of nitrogens with zero attached hydrogens (tertiary/aromatic N) is 2. The van der Waals surface area contributed by atoms with Gasteiger partial charge in [-0.05, 0) is 55.9 Å². The number of hydrogen-bond donors (Lipinski definition) is 1. The van der Waals surface area contributed by atoms with Crippen LogP contribution in [0.3, 0.4) is 0 Å². The van der Waals surface area contributed by atoms with Crippen molar-refractivity contribution in [3.05, 3.63) is 101 Å². The van der Waals surface area contributed by atoms with E-state index >= 15 is 0 Å². The van der Waals surface area contributed by atoms with Crippen molar-refractivity contribution in [2.45, 2.75) is 19.9 Å². The number of carbonyl (C=O) groups is 2. The molecule has 0 radical (unpaired) electrons. The van der Waals surface area contributed by atoms with Crippen LogP contribution >= 0.6 is 0 Å². The van der Waals surface area contributed by atoms with Crippen LogP contribution in [-0.2, 0) is 17.8 Å². The average molecular weight is 430 g/mol. The summed E-state index contributed by atoms with van der Waals surface area (Å²) < 4.78 is 0. The number of amides is 2. The first-order chi connectivity index (χ1) is 15.4. The van der Waals surface area contributed by atoms with E-state index in [4.69, 9.17) is 0 Å². The number of likely N-dealkylation sites (N-methyl/N-ethyl adjacent to an activating group) is 1. The number of hydrogen-bond acceptors (Lipinski definition) is 3. The minimum Gasteiger partial charge on any atom is -0.355 e. The first-order valence-corrected chi connectivity index (χ1v) is 10.9. The molecule has 3 aromatic rings. The Balaban J connectivity index is 1.84. The van der Waals surface area contributed by atoms with Gasteiger partial charge in [-0.1, -0.05) is 60.7 Å². The van der Waals surface area contributed by atoms with Crippen molar-refractivity contribution < 1.29 is 9.59 Å². The van der Waals surface area contributed by atoms with Crippen LogP contribution in [0.25, 0.3) is 0 Å². The standard InChI is InChI=1S/C27H31N3O2/c1-21-10-7-8-15-25(21)27(32)30(20-22-11-5-4-6-12-22)24-14-9-13-23(18-24)19-26(31)28-16-17-29(2)3/h4-15,18H,16-17,19-20H2,1-3H3,(H,28,31). The van der Waals surface area contributed by atoms with E-state index in [9.17, 15) is 9.59 Å². The van der Waals surface area contributed by atoms with E-state index in [2.05, 4.69) is 5.32 Å². The summed E-state index contributed by atoms with van der Waals surface area (Å²) in [5.74, 6) is -0.0802. The molecule has 0 aliphatic carbocycles. The molecule has 3 rings (SSSR count). The fourth-order valence-corrected chi connectivity index (χ4v) is 3.51. The maximum atomic E-state index is 13.6. The van der Waals surface area contributed by atoms with E-state index in [0.717, 1.165) is 28.9 Å². The second kappa shape index (κ2) is 11.3. The Kier molecular flexibility index (Phi) is 8.17. The highest BCUT2D eigenvalue weighted by atomic mass is 16.2. The van der Waals surface area contributed by atoms with Crippen LogP contribution in [0.4, 0.5) is 5.69 Å². The molecule has 0 spiro atoms. The predicted octanol–water partition coefficient (Wildman–Crippen LogP) is 4.06. The fourth-order valence-electron chi connectivity index (χ4n) is 3.51. The summed E-state index contributed by atoms with van der Waals surface area (Å²) in [7, 11) is 3.95. The molecule has 3 aromatic carbocycles. The van der Waals surface area contributed by atoms with Gasteiger partial charge in [-0.25, -0.2) is 0 Å². The zero-order chi connectivity index (χ0) is 22.9. The van der Waals surface area contributed by atoms with Gasteiger partial charge in [-0.2, -0.15) is 0 Å². The summed E-state index contributed by atoms with van der Waals surface area (Å²) in [5.41, 5.74) is 4.31. The molecule has 0 unspecified atom stereocenters. The van der Waals surface area contributed by atoms with Gasteiger partial charge < -0.3 is 15.1 Å². The quantitative estimate of drug-likeness (QED) is 0.558. The first-order valence-electron chi connectivity index (χ1n) is 10.9. The molecule has 166 valence electrons. The molecule has 0 aliphatic rings. The second-order valence-corrected chi connectivity index (χ2v) is 8.19. The van der Waals surface area contributed by atoms with Gasteiger partial charge in [0.1, 0.15) is 0 Å². The van der Waals surface area contributed by atoms with Crippen molar-refractivity contribution in [3.8, 4) is 0 Å². The van der Waals surface area contributed by atoms with Gasteiger partial charge in [0.2, 0.25) is 5.91 Å². The lowest BCUT2D eigenvalue weighted by Crippen LogP contribution is -2.32. The van der Waals surface area contributed by atoms with Crippen LogP contribution in [0.15, 0.2) is 78.9 Å². The predicted molar refractivity (Wildman–Crippen MR) is 130 cm³/mol. The van der Waals surface area contributed by atoms with Gasteiger partial charge >= 0.3 is 0 Å². The van der Waals surface area contributed by atoms with E-state index in [1.165, 1.54) is 0 Å². The maximum Gasteiger partial charge on any atom is 0.258 e. The first kappa shape index (κ1) is 23.2. The third-order valence-corrected chi connectivity index (χ3v) is 5.27. The molecule has 0 aliphatic heterocycles. The molecule has 0 saturated carbocycles. The molecule has 1 N–H and O–H groups in total. The lowest BCUT2D eigenvalue weighted by atomic mass is 10.1. The van der Waals surface area contributed by atoms with Crippen LogP contribution in [0, 0.1) is 6.92 Å². The average Bonchev–Trinajstić information content (AvgIpc) is 2.78. The van der Waals surface area contributed by atoms with Crippen LogP contribution in [0.5, 0.6) is 0 Å². The third-order valence-electron chi connectivity index (χ3n) is 5.27. The largest absolute Gasteiger partial charge is 0.355 e.